The highest BCUT2D eigenvalue weighted by Gasteiger charge is 2.31. The third-order valence-electron chi connectivity index (χ3n) is 2.79. The van der Waals surface area contributed by atoms with Gasteiger partial charge in [0.2, 0.25) is 0 Å². The number of alkyl halides is 4. The molecular weight excluding hydrogens is 311 g/mol. The molecule has 0 aliphatic carbocycles. The van der Waals surface area contributed by atoms with Gasteiger partial charge in [-0.25, -0.2) is 0 Å². The van der Waals surface area contributed by atoms with E-state index in [1.54, 1.807) is 0 Å². The van der Waals surface area contributed by atoms with Gasteiger partial charge >= 0.3 is 6.18 Å². The lowest BCUT2D eigenvalue weighted by Crippen LogP contribution is -2.22. The fourth-order valence-corrected chi connectivity index (χ4v) is 2.20. The van der Waals surface area contributed by atoms with Crippen molar-refractivity contribution in [3.8, 4) is 0 Å². The number of aliphatic imine (C=N–C) groups is 1. The Bertz CT molecular complexity index is 511. The van der Waals surface area contributed by atoms with Crippen molar-refractivity contribution in [1.82, 2.24) is 0 Å². The van der Waals surface area contributed by atoms with E-state index >= 15 is 0 Å². The third-order valence-corrected chi connectivity index (χ3v) is 3.34. The van der Waals surface area contributed by atoms with Crippen LogP contribution in [0, 0.1) is 5.92 Å². The predicted octanol–water partition coefficient (Wildman–Crippen LogP) is 3.54. The van der Waals surface area contributed by atoms with Gasteiger partial charge in [0.15, 0.2) is 5.78 Å². The summed E-state index contributed by atoms with van der Waals surface area (Å²) >= 11 is 3.07. The van der Waals surface area contributed by atoms with Gasteiger partial charge in [0.1, 0.15) is 0 Å². The fraction of sp³-hybridized carbons (Fsp3) is 0.333. The lowest BCUT2D eigenvalue weighted by molar-refractivity contribution is -0.137. The molecule has 1 aliphatic heterocycles. The van der Waals surface area contributed by atoms with Gasteiger partial charge in [0, 0.05) is 6.21 Å². The van der Waals surface area contributed by atoms with Gasteiger partial charge in [-0.05, 0) is 24.1 Å². The van der Waals surface area contributed by atoms with E-state index in [-0.39, 0.29) is 17.0 Å². The van der Waals surface area contributed by atoms with Crippen LogP contribution in [0.1, 0.15) is 11.1 Å². The summed E-state index contributed by atoms with van der Waals surface area (Å²) in [6.07, 6.45) is -2.54. The number of benzene rings is 1. The third kappa shape index (κ3) is 2.63. The van der Waals surface area contributed by atoms with E-state index in [1.165, 1.54) is 12.3 Å². The first kappa shape index (κ1) is 13.3. The molecule has 0 aromatic heterocycles. The summed E-state index contributed by atoms with van der Waals surface area (Å²) in [4.78, 5) is 15.4. The van der Waals surface area contributed by atoms with Crippen molar-refractivity contribution in [2.45, 2.75) is 12.6 Å². The molecule has 6 heteroatoms. The molecular formula is C12H9BrF3NO. The minimum atomic E-state index is -4.37. The van der Waals surface area contributed by atoms with E-state index in [0.29, 0.717) is 17.7 Å². The highest BCUT2D eigenvalue weighted by molar-refractivity contribution is 9.09. The summed E-state index contributed by atoms with van der Waals surface area (Å²) < 4.78 is 37.5. The maximum absolute atomic E-state index is 12.5. The van der Waals surface area contributed by atoms with Crippen LogP contribution in [0.5, 0.6) is 0 Å². The molecule has 2 rings (SSSR count). The van der Waals surface area contributed by atoms with Gasteiger partial charge in [0.05, 0.1) is 22.5 Å². The molecule has 1 aromatic rings. The quantitative estimate of drug-likeness (QED) is 0.767. The first-order valence-electron chi connectivity index (χ1n) is 5.25. The summed E-state index contributed by atoms with van der Waals surface area (Å²) in [5.41, 5.74) is 0.247. The molecule has 1 aliphatic rings. The van der Waals surface area contributed by atoms with Gasteiger partial charge in [-0.15, -0.1) is 0 Å². The van der Waals surface area contributed by atoms with E-state index < -0.39 is 11.7 Å². The first-order chi connectivity index (χ1) is 8.41. The van der Waals surface area contributed by atoms with Crippen LogP contribution in [0.2, 0.25) is 0 Å². The lowest BCUT2D eigenvalue weighted by Gasteiger charge is -2.18. The number of nitrogens with zero attached hydrogens (tertiary/aromatic N) is 1. The Balaban J connectivity index is 2.30. The largest absolute Gasteiger partial charge is 0.416 e. The summed E-state index contributed by atoms with van der Waals surface area (Å²) in [6.45, 7) is 0. The molecule has 0 bridgehead atoms. The predicted molar refractivity (Wildman–Crippen MR) is 65.6 cm³/mol. The highest BCUT2D eigenvalue weighted by atomic mass is 79.9. The Labute approximate surface area is 110 Å². The van der Waals surface area contributed by atoms with Crippen molar-refractivity contribution in [3.05, 3.63) is 29.3 Å². The van der Waals surface area contributed by atoms with Crippen LogP contribution in [0.25, 0.3) is 0 Å². The Morgan fingerprint density at radius 3 is 2.78 bits per heavy atom. The zero-order valence-corrected chi connectivity index (χ0v) is 10.8. The van der Waals surface area contributed by atoms with E-state index in [0.717, 1.165) is 12.1 Å². The molecule has 0 saturated heterocycles. The molecule has 0 spiro atoms. The second kappa shape index (κ2) is 4.84. The first-order valence-corrected chi connectivity index (χ1v) is 6.37. The van der Waals surface area contributed by atoms with Crippen molar-refractivity contribution >= 4 is 33.6 Å². The number of carbonyl (C=O) groups is 1. The second-order valence-corrected chi connectivity index (χ2v) is 4.59. The number of carbonyl (C=O) groups excluding carboxylic acids is 1. The highest BCUT2D eigenvalue weighted by Crippen LogP contribution is 2.35. The zero-order chi connectivity index (χ0) is 13.3. The molecule has 0 N–H and O–H groups in total. The average Bonchev–Trinajstić information content (AvgIpc) is 2.35. The summed E-state index contributed by atoms with van der Waals surface area (Å²) in [5.74, 6) is -0.377. The van der Waals surface area contributed by atoms with Crippen molar-refractivity contribution in [2.75, 3.05) is 5.33 Å². The number of hydrogen-bond acceptors (Lipinski definition) is 2. The minimum absolute atomic E-state index is 0.0238. The van der Waals surface area contributed by atoms with E-state index in [2.05, 4.69) is 20.9 Å². The molecule has 1 atom stereocenters. The van der Waals surface area contributed by atoms with Crippen molar-refractivity contribution < 1.29 is 18.0 Å². The molecule has 1 unspecified atom stereocenters. The van der Waals surface area contributed by atoms with E-state index in [9.17, 15) is 18.0 Å². The van der Waals surface area contributed by atoms with E-state index in [4.69, 9.17) is 0 Å². The van der Waals surface area contributed by atoms with Crippen LogP contribution < -0.4 is 0 Å². The lowest BCUT2D eigenvalue weighted by atomic mass is 9.92. The van der Waals surface area contributed by atoms with Crippen LogP contribution in [-0.4, -0.2) is 17.3 Å². The normalized spacial score (nSPS) is 18.6. The molecule has 96 valence electrons. The minimum Gasteiger partial charge on any atom is -0.298 e. The van der Waals surface area contributed by atoms with Crippen LogP contribution in [0.4, 0.5) is 18.9 Å². The standard InChI is InChI=1S/C12H9BrF3NO/c13-5-11(18)8-3-7-1-2-9(12(14,15)16)4-10(7)17-6-8/h1-2,4,6,8H,3,5H2. The number of fused-ring (bicyclic) bond motifs is 1. The SMILES string of the molecule is O=C(CBr)C1C=Nc2cc(C(F)(F)F)ccc2C1. The number of Topliss-reactive ketones (excluding diaryl/α,β-unsaturated/α-hetero) is 1. The van der Waals surface area contributed by atoms with Crippen molar-refractivity contribution in [1.29, 1.82) is 0 Å². The summed E-state index contributed by atoms with van der Waals surface area (Å²) in [6, 6.07) is 3.43. The maximum atomic E-state index is 12.5. The van der Waals surface area contributed by atoms with Crippen LogP contribution in [-0.2, 0) is 17.4 Å². The van der Waals surface area contributed by atoms with Crippen molar-refractivity contribution in [3.63, 3.8) is 0 Å². The molecule has 2 nitrogen and oxygen atoms in total. The molecule has 0 saturated carbocycles. The molecule has 0 radical (unpaired) electrons. The number of halogens is 4. The van der Waals surface area contributed by atoms with E-state index in [1.807, 2.05) is 0 Å². The number of hydrogen-bond donors (Lipinski definition) is 0. The summed E-state index contributed by atoms with van der Waals surface area (Å²) in [5, 5.41) is 0.222. The molecule has 0 amide bonds. The second-order valence-electron chi connectivity index (χ2n) is 4.03. The topological polar surface area (TPSA) is 29.4 Å². The smallest absolute Gasteiger partial charge is 0.298 e. The van der Waals surface area contributed by atoms with Crippen molar-refractivity contribution in [2.24, 2.45) is 10.9 Å². The van der Waals surface area contributed by atoms with Gasteiger partial charge in [-0.3, -0.25) is 9.79 Å². The van der Waals surface area contributed by atoms with Crippen LogP contribution in [0.3, 0.4) is 0 Å². The summed E-state index contributed by atoms with van der Waals surface area (Å²) in [7, 11) is 0. The van der Waals surface area contributed by atoms with Gasteiger partial charge in [-0.1, -0.05) is 22.0 Å². The average molecular weight is 320 g/mol. The monoisotopic (exact) mass is 319 g/mol. The molecule has 1 aromatic carbocycles. The Morgan fingerprint density at radius 2 is 2.17 bits per heavy atom. The van der Waals surface area contributed by atoms with Gasteiger partial charge < -0.3 is 0 Å². The maximum Gasteiger partial charge on any atom is 0.416 e. The fourth-order valence-electron chi connectivity index (χ4n) is 1.79. The van der Waals surface area contributed by atoms with Crippen LogP contribution in [0.15, 0.2) is 23.2 Å². The Hall–Kier alpha value is -1.17. The van der Waals surface area contributed by atoms with Crippen LogP contribution >= 0.6 is 15.9 Å². The number of ketones is 1. The Kier molecular flexibility index (Phi) is 3.56. The molecule has 18 heavy (non-hydrogen) atoms. The molecule has 1 heterocycles. The Morgan fingerprint density at radius 1 is 1.44 bits per heavy atom. The zero-order valence-electron chi connectivity index (χ0n) is 9.17. The number of rotatable bonds is 2. The molecule has 0 fully saturated rings. The van der Waals surface area contributed by atoms with Gasteiger partial charge in [0.25, 0.3) is 0 Å². The van der Waals surface area contributed by atoms with Gasteiger partial charge in [-0.2, -0.15) is 13.2 Å².